The van der Waals surface area contributed by atoms with Gasteiger partial charge in [0.15, 0.2) is 0 Å². The summed E-state index contributed by atoms with van der Waals surface area (Å²) >= 11 is 0. The van der Waals surface area contributed by atoms with E-state index in [1.165, 1.54) is 44.9 Å². The summed E-state index contributed by atoms with van der Waals surface area (Å²) in [6.45, 7) is 13.5. The number of rotatable bonds is 8. The van der Waals surface area contributed by atoms with Gasteiger partial charge in [-0.15, -0.1) is 0 Å². The molecule has 3 aliphatic rings. The highest BCUT2D eigenvalue weighted by Gasteiger charge is 2.41. The van der Waals surface area contributed by atoms with Gasteiger partial charge in [-0.2, -0.15) is 0 Å². The monoisotopic (exact) mass is 389 g/mol. The molecule has 158 valence electrons. The van der Waals surface area contributed by atoms with Crippen molar-refractivity contribution in [2.45, 2.75) is 76.0 Å². The summed E-state index contributed by atoms with van der Waals surface area (Å²) in [6, 6.07) is 0.513. The van der Waals surface area contributed by atoms with E-state index in [-0.39, 0.29) is 24.0 Å². The molecule has 0 aromatic rings. The molecule has 3 rings (SSSR count). The van der Waals surface area contributed by atoms with Gasteiger partial charge in [0, 0.05) is 36.6 Å². The molecule has 0 radical (unpaired) electrons. The Hall–Kier alpha value is -1.53. The minimum Gasteiger partial charge on any atom is -0.379 e. The van der Waals surface area contributed by atoms with Crippen LogP contribution in [0.1, 0.15) is 51.9 Å². The van der Waals surface area contributed by atoms with Gasteiger partial charge in [0.1, 0.15) is 6.04 Å². The number of carbonyl (C=O) groups is 1. The van der Waals surface area contributed by atoms with Crippen molar-refractivity contribution in [2.75, 3.05) is 26.7 Å². The van der Waals surface area contributed by atoms with Crippen molar-refractivity contribution >= 4 is 5.91 Å². The van der Waals surface area contributed by atoms with Gasteiger partial charge in [-0.3, -0.25) is 9.69 Å². The summed E-state index contributed by atoms with van der Waals surface area (Å²) in [5, 5.41) is 6.95. The molecular formula is C22H39N5O. The normalized spacial score (nSPS) is 28.4. The number of nitrogens with two attached hydrogens (primary N) is 1. The zero-order chi connectivity index (χ0) is 20.3. The summed E-state index contributed by atoms with van der Waals surface area (Å²) in [5.41, 5.74) is 7.83. The number of nitrogens with one attached hydrogen (secondary N) is 2. The molecule has 0 bridgehead atoms. The average molecular weight is 390 g/mol. The van der Waals surface area contributed by atoms with Crippen LogP contribution >= 0.6 is 0 Å². The lowest BCUT2D eigenvalue weighted by Gasteiger charge is -2.47. The first kappa shape index (κ1) is 21.2. The van der Waals surface area contributed by atoms with E-state index in [0.717, 1.165) is 31.0 Å². The molecule has 6 nitrogen and oxygen atoms in total. The SMILES string of the molecule is C=C(NC(C(=C)N1C[C@H]2CCCN2C[C@H]1C(N)=O)C1CCCCC1)[C@H](C)NC. The fraction of sp³-hybridized carbons (Fsp3) is 0.773. The Labute approximate surface area is 170 Å². The predicted octanol–water partition coefficient (Wildman–Crippen LogP) is 1.79. The van der Waals surface area contributed by atoms with E-state index in [1.54, 1.807) is 0 Å². The number of piperazine rings is 1. The van der Waals surface area contributed by atoms with Crippen LogP contribution in [-0.4, -0.2) is 66.6 Å². The minimum absolute atomic E-state index is 0.110. The number of nitrogens with zero attached hydrogens (tertiary/aromatic N) is 2. The molecule has 1 aliphatic carbocycles. The van der Waals surface area contributed by atoms with Gasteiger partial charge in [-0.1, -0.05) is 32.4 Å². The van der Waals surface area contributed by atoms with E-state index < -0.39 is 0 Å². The van der Waals surface area contributed by atoms with Crippen molar-refractivity contribution in [3.63, 3.8) is 0 Å². The first-order valence-corrected chi connectivity index (χ1v) is 11.0. The summed E-state index contributed by atoms with van der Waals surface area (Å²) < 4.78 is 0. The summed E-state index contributed by atoms with van der Waals surface area (Å²) in [7, 11) is 1.95. The zero-order valence-corrected chi connectivity index (χ0v) is 17.8. The maximum Gasteiger partial charge on any atom is 0.241 e. The van der Waals surface area contributed by atoms with Crippen molar-refractivity contribution in [1.29, 1.82) is 0 Å². The molecule has 0 aromatic heterocycles. The highest BCUT2D eigenvalue weighted by atomic mass is 16.1. The first-order valence-electron chi connectivity index (χ1n) is 11.0. The van der Waals surface area contributed by atoms with Crippen LogP contribution in [0.2, 0.25) is 0 Å². The van der Waals surface area contributed by atoms with E-state index in [4.69, 9.17) is 5.73 Å². The van der Waals surface area contributed by atoms with Gasteiger partial charge in [0.25, 0.3) is 0 Å². The van der Waals surface area contributed by atoms with Gasteiger partial charge in [0.05, 0.1) is 6.04 Å². The number of hydrogen-bond donors (Lipinski definition) is 3. The molecule has 1 amide bonds. The molecule has 3 fully saturated rings. The molecule has 1 saturated carbocycles. The van der Waals surface area contributed by atoms with Gasteiger partial charge < -0.3 is 21.3 Å². The molecule has 4 N–H and O–H groups in total. The highest BCUT2D eigenvalue weighted by Crippen LogP contribution is 2.34. The molecule has 6 heteroatoms. The summed E-state index contributed by atoms with van der Waals surface area (Å²) in [5.74, 6) is 0.286. The molecule has 2 saturated heterocycles. The quantitative estimate of drug-likeness (QED) is 0.590. The molecular weight excluding hydrogens is 350 g/mol. The van der Waals surface area contributed by atoms with Crippen LogP contribution in [0.15, 0.2) is 24.6 Å². The summed E-state index contributed by atoms with van der Waals surface area (Å²) in [4.78, 5) is 17.0. The standard InChI is InChI=1S/C22H39N5O/c1-15(24-4)16(2)25-21(18-9-6-5-7-10-18)17(3)27-13-19-11-8-12-26(19)14-20(27)22(23)28/h15,18-21,24-25H,2-3,5-14H2,1,4H3,(H2,23,28)/t15-,19+,20-,21?/m0/s1. The maximum atomic E-state index is 12.3. The van der Waals surface area contributed by atoms with E-state index in [9.17, 15) is 4.79 Å². The van der Waals surface area contributed by atoms with Crippen molar-refractivity contribution in [3.05, 3.63) is 24.6 Å². The third-order valence-corrected chi connectivity index (χ3v) is 7.16. The van der Waals surface area contributed by atoms with Gasteiger partial charge in [-0.25, -0.2) is 0 Å². The Bertz CT molecular complexity index is 585. The topological polar surface area (TPSA) is 73.6 Å². The molecule has 2 aliphatic heterocycles. The van der Waals surface area contributed by atoms with Crippen LogP contribution in [0.4, 0.5) is 0 Å². The van der Waals surface area contributed by atoms with Crippen molar-refractivity contribution in [1.82, 2.24) is 20.4 Å². The second-order valence-corrected chi connectivity index (χ2v) is 8.91. The summed E-state index contributed by atoms with van der Waals surface area (Å²) in [6.07, 6.45) is 8.64. The van der Waals surface area contributed by atoms with E-state index in [1.807, 2.05) is 7.05 Å². The molecule has 28 heavy (non-hydrogen) atoms. The number of hydrogen-bond acceptors (Lipinski definition) is 5. The average Bonchev–Trinajstić information content (AvgIpc) is 3.17. The molecule has 4 atom stereocenters. The van der Waals surface area contributed by atoms with Gasteiger partial charge in [-0.05, 0) is 52.1 Å². The van der Waals surface area contributed by atoms with Crippen molar-refractivity contribution in [3.8, 4) is 0 Å². The largest absolute Gasteiger partial charge is 0.379 e. The fourth-order valence-corrected chi connectivity index (χ4v) is 5.20. The Balaban J connectivity index is 1.81. The number of fused-ring (bicyclic) bond motifs is 1. The lowest BCUT2D eigenvalue weighted by Crippen LogP contribution is -2.62. The highest BCUT2D eigenvalue weighted by molar-refractivity contribution is 5.80. The Kier molecular flexibility index (Phi) is 7.05. The van der Waals surface area contributed by atoms with Crippen LogP contribution in [0.3, 0.4) is 0 Å². The maximum absolute atomic E-state index is 12.3. The van der Waals surface area contributed by atoms with Crippen molar-refractivity contribution < 1.29 is 4.79 Å². The van der Waals surface area contributed by atoms with Crippen molar-refractivity contribution in [2.24, 2.45) is 11.7 Å². The number of likely N-dealkylation sites (N-methyl/N-ethyl adjacent to an activating group) is 1. The van der Waals surface area contributed by atoms with Gasteiger partial charge in [0.2, 0.25) is 5.91 Å². The smallest absolute Gasteiger partial charge is 0.241 e. The molecule has 2 heterocycles. The molecule has 1 unspecified atom stereocenters. The second-order valence-electron chi connectivity index (χ2n) is 8.91. The van der Waals surface area contributed by atoms with Crippen LogP contribution < -0.4 is 16.4 Å². The zero-order valence-electron chi connectivity index (χ0n) is 17.8. The Morgan fingerprint density at radius 1 is 1.11 bits per heavy atom. The van der Waals surface area contributed by atoms with Crippen LogP contribution in [-0.2, 0) is 4.79 Å². The van der Waals surface area contributed by atoms with Gasteiger partial charge >= 0.3 is 0 Å². The first-order chi connectivity index (χ1) is 13.4. The number of primary amides is 1. The predicted molar refractivity (Wildman–Crippen MR) is 115 cm³/mol. The fourth-order valence-electron chi connectivity index (χ4n) is 5.20. The van der Waals surface area contributed by atoms with Crippen LogP contribution in [0.25, 0.3) is 0 Å². The number of carbonyl (C=O) groups excluding carboxylic acids is 1. The second kappa shape index (κ2) is 9.31. The lowest BCUT2D eigenvalue weighted by atomic mass is 9.82. The van der Waals surface area contributed by atoms with E-state index >= 15 is 0 Å². The van der Waals surface area contributed by atoms with Crippen LogP contribution in [0, 0.1) is 5.92 Å². The molecule has 0 spiro atoms. The van der Waals surface area contributed by atoms with E-state index in [0.29, 0.717) is 12.0 Å². The lowest BCUT2D eigenvalue weighted by molar-refractivity contribution is -0.125. The number of amides is 1. The third kappa shape index (κ3) is 4.54. The third-order valence-electron chi connectivity index (χ3n) is 7.16. The van der Waals surface area contributed by atoms with Crippen LogP contribution in [0.5, 0.6) is 0 Å². The van der Waals surface area contributed by atoms with E-state index in [2.05, 4.69) is 40.5 Å². The minimum atomic E-state index is -0.287. The Morgan fingerprint density at radius 2 is 1.82 bits per heavy atom. The molecule has 0 aromatic carbocycles. The Morgan fingerprint density at radius 3 is 2.46 bits per heavy atom.